The zero-order valence-corrected chi connectivity index (χ0v) is 21.3. The van der Waals surface area contributed by atoms with E-state index in [4.69, 9.17) is 0 Å². The van der Waals surface area contributed by atoms with E-state index in [0.29, 0.717) is 44.7 Å². The number of alkyl halides is 6. The molecule has 0 atom stereocenters. The Kier molecular flexibility index (Phi) is 8.54. The summed E-state index contributed by atoms with van der Waals surface area (Å²) in [5.41, 5.74) is -1.97. The van der Waals surface area contributed by atoms with E-state index in [2.05, 4.69) is 10.5 Å². The van der Waals surface area contributed by atoms with Crippen molar-refractivity contribution in [3.05, 3.63) is 58.5 Å². The van der Waals surface area contributed by atoms with Crippen LogP contribution in [0.5, 0.6) is 0 Å². The zero-order valence-electron chi connectivity index (χ0n) is 21.3. The van der Waals surface area contributed by atoms with Crippen LogP contribution in [0, 0.1) is 4.91 Å². The van der Waals surface area contributed by atoms with Crippen LogP contribution in [-0.4, -0.2) is 66.9 Å². The molecule has 2 aromatic rings. The summed E-state index contributed by atoms with van der Waals surface area (Å²) in [5, 5.41) is 5.43. The molecule has 2 fully saturated rings. The molecule has 40 heavy (non-hydrogen) atoms. The number of piperidine rings is 1. The molecule has 2 heterocycles. The number of carbonyl (C=O) groups excluding carboxylic acids is 2. The van der Waals surface area contributed by atoms with Crippen LogP contribution < -0.4 is 10.2 Å². The standard InChI is InChI=1S/C26H27F6N5O3/c27-25(28,29)17-2-1-3-20(14-17)35-10-12-37(13-11-35)24(39)16-23(38)36-8-6-18(7-9-36)33-19-4-5-22(34-40)21(15-19)26(30,31)32/h1-5,14-15,18,33H,6-13,16H2. The molecule has 2 saturated heterocycles. The first kappa shape index (κ1) is 29.2. The van der Waals surface area contributed by atoms with Crippen molar-refractivity contribution in [2.45, 2.75) is 37.7 Å². The molecular weight excluding hydrogens is 544 g/mol. The van der Waals surface area contributed by atoms with Crippen molar-refractivity contribution in [3.63, 3.8) is 0 Å². The highest BCUT2D eigenvalue weighted by atomic mass is 19.4. The lowest BCUT2D eigenvalue weighted by atomic mass is 10.0. The van der Waals surface area contributed by atoms with Gasteiger partial charge in [-0.2, -0.15) is 26.3 Å². The Morgan fingerprint density at radius 2 is 1.45 bits per heavy atom. The van der Waals surface area contributed by atoms with Gasteiger partial charge in [-0.05, 0) is 54.4 Å². The maximum absolute atomic E-state index is 13.2. The molecule has 1 N–H and O–H groups in total. The summed E-state index contributed by atoms with van der Waals surface area (Å²) in [5.74, 6) is -0.720. The van der Waals surface area contributed by atoms with E-state index in [1.807, 2.05) is 0 Å². The molecule has 0 saturated carbocycles. The maximum Gasteiger partial charge on any atom is 0.418 e. The van der Waals surface area contributed by atoms with Gasteiger partial charge >= 0.3 is 12.4 Å². The highest BCUT2D eigenvalue weighted by molar-refractivity contribution is 5.97. The molecule has 8 nitrogen and oxygen atoms in total. The third-order valence-corrected chi connectivity index (χ3v) is 7.09. The molecule has 0 aromatic heterocycles. The second-order valence-electron chi connectivity index (χ2n) is 9.71. The van der Waals surface area contributed by atoms with Gasteiger partial charge in [-0.1, -0.05) is 6.07 Å². The minimum atomic E-state index is -4.73. The van der Waals surface area contributed by atoms with Gasteiger partial charge in [0.2, 0.25) is 11.8 Å². The average Bonchev–Trinajstić information content (AvgIpc) is 2.92. The van der Waals surface area contributed by atoms with E-state index < -0.39 is 29.2 Å². The highest BCUT2D eigenvalue weighted by Gasteiger charge is 2.35. The van der Waals surface area contributed by atoms with Crippen molar-refractivity contribution in [3.8, 4) is 0 Å². The SMILES string of the molecule is O=Nc1ccc(NC2CCN(C(=O)CC(=O)N3CCN(c4cccc(C(F)(F)F)c4)CC3)CC2)cc1C(F)(F)F. The summed E-state index contributed by atoms with van der Waals surface area (Å²) >= 11 is 0. The number of carbonyl (C=O) groups is 2. The maximum atomic E-state index is 13.2. The van der Waals surface area contributed by atoms with Crippen molar-refractivity contribution in [1.82, 2.24) is 9.80 Å². The number of nitroso groups, excluding NO2 is 1. The first-order chi connectivity index (χ1) is 18.8. The number of nitrogens with zero attached hydrogens (tertiary/aromatic N) is 4. The summed E-state index contributed by atoms with van der Waals surface area (Å²) in [6, 6.07) is 7.97. The summed E-state index contributed by atoms with van der Waals surface area (Å²) in [6.07, 6.45) is -8.62. The number of halogens is 6. The molecule has 2 aromatic carbocycles. The Bertz CT molecular complexity index is 1240. The quantitative estimate of drug-likeness (QED) is 0.290. The average molecular weight is 572 g/mol. The van der Waals surface area contributed by atoms with E-state index in [1.54, 1.807) is 11.0 Å². The summed E-state index contributed by atoms with van der Waals surface area (Å²) in [6.45, 7) is 1.83. The molecule has 0 spiro atoms. The topological polar surface area (TPSA) is 85.3 Å². The Balaban J connectivity index is 1.24. The smallest absolute Gasteiger partial charge is 0.382 e. The summed E-state index contributed by atoms with van der Waals surface area (Å²) in [7, 11) is 0. The summed E-state index contributed by atoms with van der Waals surface area (Å²) < 4.78 is 78.6. The van der Waals surface area contributed by atoms with Crippen LogP contribution in [0.1, 0.15) is 30.4 Å². The molecule has 0 radical (unpaired) electrons. The van der Waals surface area contributed by atoms with Crippen molar-refractivity contribution < 1.29 is 35.9 Å². The lowest BCUT2D eigenvalue weighted by Gasteiger charge is -2.37. The number of amides is 2. The van der Waals surface area contributed by atoms with Gasteiger partial charge in [-0.3, -0.25) is 9.59 Å². The predicted molar refractivity (Wildman–Crippen MR) is 135 cm³/mol. The van der Waals surface area contributed by atoms with Crippen molar-refractivity contribution in [1.29, 1.82) is 0 Å². The number of rotatable bonds is 6. The van der Waals surface area contributed by atoms with Gasteiger partial charge in [0.15, 0.2) is 0 Å². The van der Waals surface area contributed by atoms with Crippen LogP contribution in [0.25, 0.3) is 0 Å². The fourth-order valence-corrected chi connectivity index (χ4v) is 4.89. The fraction of sp³-hybridized carbons (Fsp3) is 0.462. The Labute approximate surface area is 225 Å². The number of benzene rings is 2. The van der Waals surface area contributed by atoms with Gasteiger partial charge < -0.3 is 20.0 Å². The van der Waals surface area contributed by atoms with E-state index in [1.165, 1.54) is 21.9 Å². The zero-order chi connectivity index (χ0) is 29.1. The van der Waals surface area contributed by atoms with E-state index in [0.717, 1.165) is 24.3 Å². The monoisotopic (exact) mass is 571 g/mol. The molecule has 2 amide bonds. The van der Waals surface area contributed by atoms with Gasteiger partial charge in [0.25, 0.3) is 0 Å². The van der Waals surface area contributed by atoms with E-state index >= 15 is 0 Å². The number of anilines is 2. The lowest BCUT2D eigenvalue weighted by molar-refractivity contribution is -0.141. The van der Waals surface area contributed by atoms with Gasteiger partial charge in [-0.15, -0.1) is 4.91 Å². The number of hydrogen-bond acceptors (Lipinski definition) is 6. The molecule has 2 aliphatic rings. The van der Waals surface area contributed by atoms with Crippen LogP contribution in [0.4, 0.5) is 43.4 Å². The third kappa shape index (κ3) is 7.02. The number of piperazine rings is 1. The van der Waals surface area contributed by atoms with Crippen LogP contribution >= 0.6 is 0 Å². The summed E-state index contributed by atoms with van der Waals surface area (Å²) in [4.78, 5) is 41.0. The number of hydrogen-bond donors (Lipinski definition) is 1. The molecule has 216 valence electrons. The fourth-order valence-electron chi connectivity index (χ4n) is 4.89. The Morgan fingerprint density at radius 1 is 0.825 bits per heavy atom. The van der Waals surface area contributed by atoms with Crippen LogP contribution in [0.2, 0.25) is 0 Å². The first-order valence-corrected chi connectivity index (χ1v) is 12.6. The first-order valence-electron chi connectivity index (χ1n) is 12.6. The molecule has 4 rings (SSSR count). The molecule has 0 aliphatic carbocycles. The van der Waals surface area contributed by atoms with Crippen molar-refractivity contribution in [2.24, 2.45) is 5.18 Å². The van der Waals surface area contributed by atoms with Crippen LogP contribution in [0.15, 0.2) is 47.6 Å². The van der Waals surface area contributed by atoms with E-state index in [9.17, 15) is 40.8 Å². The molecule has 14 heteroatoms. The molecular formula is C26H27F6N5O3. The van der Waals surface area contributed by atoms with Gasteiger partial charge in [0, 0.05) is 56.7 Å². The van der Waals surface area contributed by atoms with Crippen molar-refractivity contribution >= 4 is 28.9 Å². The minimum Gasteiger partial charge on any atom is -0.382 e. The Morgan fingerprint density at radius 3 is 2.02 bits per heavy atom. The third-order valence-electron chi connectivity index (χ3n) is 7.09. The normalized spacial score (nSPS) is 17.1. The van der Waals surface area contributed by atoms with Crippen LogP contribution in [0.3, 0.4) is 0 Å². The molecule has 0 bridgehead atoms. The molecule has 2 aliphatic heterocycles. The van der Waals surface area contributed by atoms with Crippen LogP contribution in [-0.2, 0) is 21.9 Å². The highest BCUT2D eigenvalue weighted by Crippen LogP contribution is 2.38. The van der Waals surface area contributed by atoms with Gasteiger partial charge in [0.1, 0.15) is 12.1 Å². The second kappa shape index (κ2) is 11.7. The molecule has 0 unspecified atom stereocenters. The number of likely N-dealkylation sites (tertiary alicyclic amines) is 1. The largest absolute Gasteiger partial charge is 0.418 e. The minimum absolute atomic E-state index is 0.184. The van der Waals surface area contributed by atoms with E-state index in [-0.39, 0.29) is 43.1 Å². The Hall–Kier alpha value is -3.84. The van der Waals surface area contributed by atoms with Crippen molar-refractivity contribution in [2.75, 3.05) is 49.5 Å². The predicted octanol–water partition coefficient (Wildman–Crippen LogP) is 5.26. The number of nitrogens with one attached hydrogen (secondary N) is 1. The van der Waals surface area contributed by atoms with Gasteiger partial charge in [0.05, 0.1) is 11.1 Å². The second-order valence-corrected chi connectivity index (χ2v) is 9.71. The lowest BCUT2D eigenvalue weighted by Crippen LogP contribution is -2.50. The van der Waals surface area contributed by atoms with Gasteiger partial charge in [-0.25, -0.2) is 0 Å².